The van der Waals surface area contributed by atoms with Crippen LogP contribution in [0.15, 0.2) is 12.2 Å². The van der Waals surface area contributed by atoms with E-state index in [-0.39, 0.29) is 36.7 Å². The standard InChI is InChI=1S/C50H86O27/c1-21-7-8-30-48(3,22(2)9-12-50(30,14-21)20-68-43-24(13-23(56)25(15-51)70-43)69-44-39(65)35(61)31(57)26(16-52)71-44)10-5-6-11-49(4,67)77-47-42(38(64)34(60)29(19-55)74-47)76-46-41(37(63)33(59)28(18-54)73-46)75-45-40(66)36(62)32(58)27(17-53)72-45/h22-47,51-67H,1,5-20H2,2-4H3/t22-,23?,24?,25?,26?,27?,28?,29?,30-,31?,32?,33?,34?,35?,36?,37?,38?,39?,40?,41?,42?,43?,44?,45?,46?,47?,48+,49?,50+/m0/s1. The molecule has 0 aromatic rings. The minimum atomic E-state index is -2.04. The molecule has 27 heteroatoms. The first-order valence-electron chi connectivity index (χ1n) is 26.8. The maximum absolute atomic E-state index is 11.8. The quantitative estimate of drug-likeness (QED) is 0.0289. The number of hydrogen-bond acceptors (Lipinski definition) is 27. The Bertz CT molecular complexity index is 1850. The first kappa shape index (κ1) is 63.2. The lowest BCUT2D eigenvalue weighted by molar-refractivity contribution is -0.408. The average molecular weight is 1120 g/mol. The van der Waals surface area contributed by atoms with Gasteiger partial charge in [0.05, 0.1) is 45.7 Å². The van der Waals surface area contributed by atoms with Crippen LogP contribution in [0.3, 0.4) is 0 Å². The minimum Gasteiger partial charge on any atom is -0.394 e. The van der Waals surface area contributed by atoms with Crippen LogP contribution in [0.1, 0.15) is 85.0 Å². The van der Waals surface area contributed by atoms with Crippen LogP contribution >= 0.6 is 0 Å². The van der Waals surface area contributed by atoms with Crippen molar-refractivity contribution >= 4 is 0 Å². The molecule has 0 spiro atoms. The van der Waals surface area contributed by atoms with Crippen molar-refractivity contribution in [2.75, 3.05) is 39.6 Å². The van der Waals surface area contributed by atoms with E-state index in [2.05, 4.69) is 20.4 Å². The van der Waals surface area contributed by atoms with Crippen LogP contribution in [0.2, 0.25) is 0 Å². The monoisotopic (exact) mass is 1120 g/mol. The molecule has 2 saturated carbocycles. The van der Waals surface area contributed by atoms with Crippen molar-refractivity contribution in [3.05, 3.63) is 12.2 Å². The second-order valence-electron chi connectivity index (χ2n) is 22.8. The van der Waals surface area contributed by atoms with Gasteiger partial charge in [0.25, 0.3) is 0 Å². The molecule has 5 aliphatic heterocycles. The molecule has 5 heterocycles. The molecule has 0 amide bonds. The van der Waals surface area contributed by atoms with Gasteiger partial charge in [0, 0.05) is 18.3 Å². The molecule has 5 saturated heterocycles. The zero-order valence-electron chi connectivity index (χ0n) is 43.7. The highest BCUT2D eigenvalue weighted by atomic mass is 16.8. The molecular formula is C50H86O27. The first-order chi connectivity index (χ1) is 36.4. The summed E-state index contributed by atoms with van der Waals surface area (Å²) in [5, 5.41) is 180. The van der Waals surface area contributed by atoms with Crippen molar-refractivity contribution in [3.63, 3.8) is 0 Å². The summed E-state index contributed by atoms with van der Waals surface area (Å²) in [5.74, 6) is -1.74. The summed E-state index contributed by atoms with van der Waals surface area (Å²) >= 11 is 0. The fourth-order valence-corrected chi connectivity index (χ4v) is 12.7. The Morgan fingerprint density at radius 2 is 1.04 bits per heavy atom. The summed E-state index contributed by atoms with van der Waals surface area (Å²) in [6.07, 6.45) is -34.1. The zero-order chi connectivity index (χ0) is 56.5. The molecular weight excluding hydrogens is 1030 g/mol. The first-order valence-corrected chi connectivity index (χ1v) is 26.8. The summed E-state index contributed by atoms with van der Waals surface area (Å²) < 4.78 is 59.3. The molecule has 0 radical (unpaired) electrons. The van der Waals surface area contributed by atoms with Gasteiger partial charge in [-0.3, -0.25) is 0 Å². The smallest absolute Gasteiger partial charge is 0.190 e. The molecule has 77 heavy (non-hydrogen) atoms. The van der Waals surface area contributed by atoms with Gasteiger partial charge in [-0.25, -0.2) is 0 Å². The van der Waals surface area contributed by atoms with Crippen LogP contribution in [0, 0.1) is 22.7 Å². The van der Waals surface area contributed by atoms with Crippen LogP contribution in [0.25, 0.3) is 0 Å². The predicted molar refractivity (Wildman–Crippen MR) is 256 cm³/mol. The van der Waals surface area contributed by atoms with Gasteiger partial charge in [-0.2, -0.15) is 0 Å². The lowest BCUT2D eigenvalue weighted by Crippen LogP contribution is -2.67. The molecule has 448 valence electrons. The van der Waals surface area contributed by atoms with E-state index in [0.29, 0.717) is 25.7 Å². The molecule has 0 bridgehead atoms. The average Bonchev–Trinajstić information content (AvgIpc) is 3.40. The predicted octanol–water partition coefficient (Wildman–Crippen LogP) is -5.83. The summed E-state index contributed by atoms with van der Waals surface area (Å²) in [4.78, 5) is 0. The number of ether oxygens (including phenoxy) is 10. The van der Waals surface area contributed by atoms with E-state index in [1.54, 1.807) is 0 Å². The topological polar surface area (TPSA) is 436 Å². The van der Waals surface area contributed by atoms with Gasteiger partial charge < -0.3 is 134 Å². The van der Waals surface area contributed by atoms with E-state index in [4.69, 9.17) is 47.4 Å². The van der Waals surface area contributed by atoms with E-state index in [9.17, 15) is 86.8 Å². The minimum absolute atomic E-state index is 0.0186. The van der Waals surface area contributed by atoms with Gasteiger partial charge in [0.2, 0.25) is 0 Å². The van der Waals surface area contributed by atoms with Crippen LogP contribution < -0.4 is 0 Å². The van der Waals surface area contributed by atoms with Gasteiger partial charge >= 0.3 is 0 Å². The van der Waals surface area contributed by atoms with Crippen molar-refractivity contribution in [1.82, 2.24) is 0 Å². The highest BCUT2D eigenvalue weighted by molar-refractivity contribution is 5.14. The van der Waals surface area contributed by atoms with Crippen molar-refractivity contribution in [2.45, 2.75) is 238 Å². The van der Waals surface area contributed by atoms with Crippen molar-refractivity contribution in [3.8, 4) is 0 Å². The van der Waals surface area contributed by atoms with E-state index in [1.807, 2.05) is 0 Å². The van der Waals surface area contributed by atoms with Gasteiger partial charge in [-0.15, -0.1) is 0 Å². The van der Waals surface area contributed by atoms with Crippen LogP contribution in [0.4, 0.5) is 0 Å². The summed E-state index contributed by atoms with van der Waals surface area (Å²) in [6, 6.07) is 0. The largest absolute Gasteiger partial charge is 0.394 e. The van der Waals surface area contributed by atoms with Gasteiger partial charge in [0.1, 0.15) is 110 Å². The summed E-state index contributed by atoms with van der Waals surface area (Å²) in [7, 11) is 0. The SMILES string of the molecule is C=C1CC[C@@H]2[C@](COC3OC(CO)C(O)CC3OC3OC(CO)C(O)C(O)C3O)(CC[C@H](C)[C@@]2(C)CCCCC(C)(O)OC2OC(CO)C(O)C(O)C2OC2OC(CO)C(O)C(O)C2OC2OC(CO)C(O)C(O)C2O)C1. The summed E-state index contributed by atoms with van der Waals surface area (Å²) in [5.41, 5.74) is 0.290. The Labute approximate surface area is 446 Å². The summed E-state index contributed by atoms with van der Waals surface area (Å²) in [6.45, 7) is 6.55. The molecule has 2 aliphatic carbocycles. The molecule has 17 N–H and O–H groups in total. The Kier molecular flexibility index (Phi) is 21.8. The number of aliphatic hydroxyl groups is 17. The lowest BCUT2D eigenvalue weighted by atomic mass is 9.46. The third-order valence-electron chi connectivity index (χ3n) is 17.6. The van der Waals surface area contributed by atoms with E-state index < -0.39 is 192 Å². The Morgan fingerprint density at radius 1 is 0.571 bits per heavy atom. The number of aliphatic hydroxyl groups excluding tert-OH is 16. The molecule has 27 nitrogen and oxygen atoms in total. The normalized spacial score (nSPS) is 49.7. The Balaban J connectivity index is 1.02. The van der Waals surface area contributed by atoms with Crippen molar-refractivity contribution in [2.24, 2.45) is 22.7 Å². The van der Waals surface area contributed by atoms with Crippen molar-refractivity contribution in [1.29, 1.82) is 0 Å². The molecule has 7 aliphatic rings. The molecule has 0 aromatic heterocycles. The third-order valence-corrected chi connectivity index (χ3v) is 17.6. The Hall–Kier alpha value is -1.34. The lowest BCUT2D eigenvalue weighted by Gasteiger charge is -2.59. The second kappa shape index (κ2) is 26.5. The maximum Gasteiger partial charge on any atom is 0.190 e. The number of unbranched alkanes of at least 4 members (excludes halogenated alkanes) is 1. The van der Waals surface area contributed by atoms with E-state index in [1.165, 1.54) is 6.92 Å². The number of hydrogen-bond donors (Lipinski definition) is 17. The molecule has 0 aromatic carbocycles. The van der Waals surface area contributed by atoms with Crippen LogP contribution in [-0.4, -0.2) is 280 Å². The van der Waals surface area contributed by atoms with Crippen molar-refractivity contribution < 1.29 is 134 Å². The van der Waals surface area contributed by atoms with Crippen LogP contribution in [-0.2, 0) is 47.4 Å². The maximum atomic E-state index is 11.8. The third kappa shape index (κ3) is 13.5. The molecule has 29 atom stereocenters. The van der Waals surface area contributed by atoms with Gasteiger partial charge in [-0.1, -0.05) is 32.4 Å². The number of rotatable bonds is 21. The highest BCUT2D eigenvalue weighted by Crippen LogP contribution is 2.62. The highest BCUT2D eigenvalue weighted by Gasteiger charge is 2.58. The number of allylic oxidation sites excluding steroid dienone is 1. The van der Waals surface area contributed by atoms with Gasteiger partial charge in [0.15, 0.2) is 37.2 Å². The van der Waals surface area contributed by atoms with Crippen LogP contribution in [0.5, 0.6) is 0 Å². The fourth-order valence-electron chi connectivity index (χ4n) is 12.7. The molecule has 7 rings (SSSR count). The molecule has 25 unspecified atom stereocenters. The van der Waals surface area contributed by atoms with E-state index in [0.717, 1.165) is 31.3 Å². The van der Waals surface area contributed by atoms with Gasteiger partial charge in [-0.05, 0) is 69.1 Å². The second-order valence-corrected chi connectivity index (χ2v) is 22.8. The zero-order valence-corrected chi connectivity index (χ0v) is 43.7. The Morgan fingerprint density at radius 3 is 1.58 bits per heavy atom. The number of fused-ring (bicyclic) bond motifs is 1. The van der Waals surface area contributed by atoms with E-state index >= 15 is 0 Å². The molecule has 7 fully saturated rings. The fraction of sp³-hybridized carbons (Fsp3) is 0.960.